The molecule has 0 radical (unpaired) electrons. The number of aromatic amines is 1. The van der Waals surface area contributed by atoms with Crippen LogP contribution in [0.2, 0.25) is 0 Å². The fourth-order valence-electron chi connectivity index (χ4n) is 2.52. The van der Waals surface area contributed by atoms with Crippen molar-refractivity contribution in [1.29, 1.82) is 0 Å². The van der Waals surface area contributed by atoms with Crippen LogP contribution in [0.25, 0.3) is 17.2 Å². The number of nitrogens with one attached hydrogen (secondary N) is 1. The van der Waals surface area contributed by atoms with Crippen molar-refractivity contribution in [1.82, 2.24) is 29.5 Å². The molecule has 0 fully saturated rings. The highest BCUT2D eigenvalue weighted by molar-refractivity contribution is 5.55. The van der Waals surface area contributed by atoms with Gasteiger partial charge in [0, 0.05) is 25.0 Å². The summed E-state index contributed by atoms with van der Waals surface area (Å²) in [4.78, 5) is 12.2. The molecule has 6 nitrogen and oxygen atoms in total. The second-order valence-electron chi connectivity index (χ2n) is 5.40. The van der Waals surface area contributed by atoms with Crippen molar-refractivity contribution in [2.24, 2.45) is 0 Å². The summed E-state index contributed by atoms with van der Waals surface area (Å²) in [5.41, 5.74) is 2.53. The van der Waals surface area contributed by atoms with Crippen LogP contribution in [0, 0.1) is 0 Å². The molecule has 0 spiro atoms. The largest absolute Gasteiger partial charge is 0.451 e. The van der Waals surface area contributed by atoms with E-state index in [4.69, 9.17) is 0 Å². The summed E-state index contributed by atoms with van der Waals surface area (Å²) in [5, 5.41) is 5.54. The molecule has 126 valence electrons. The van der Waals surface area contributed by atoms with Gasteiger partial charge in [-0.2, -0.15) is 18.3 Å². The molecule has 0 saturated carbocycles. The standard InChI is InChI=1S/C16H11F3N6/c17-16(18,19)15-22-13(23-24-15)12-9-25-7-6-20-14(25)11(21-12)8-10-4-2-1-3-5-10/h1-7,9H,8H2,(H,22,23,24). The highest BCUT2D eigenvalue weighted by atomic mass is 19.4. The van der Waals surface area contributed by atoms with Gasteiger partial charge >= 0.3 is 6.18 Å². The number of nitrogens with zero attached hydrogens (tertiary/aromatic N) is 5. The first-order valence-electron chi connectivity index (χ1n) is 7.37. The number of rotatable bonds is 3. The second-order valence-corrected chi connectivity index (χ2v) is 5.40. The Bertz CT molecular complexity index is 1020. The van der Waals surface area contributed by atoms with Gasteiger partial charge in [0.1, 0.15) is 5.69 Å². The predicted octanol–water partition coefficient (Wildman–Crippen LogP) is 3.12. The van der Waals surface area contributed by atoms with E-state index in [0.717, 1.165) is 5.56 Å². The van der Waals surface area contributed by atoms with E-state index in [1.54, 1.807) is 23.0 Å². The summed E-state index contributed by atoms with van der Waals surface area (Å²) in [5.74, 6) is -1.27. The first kappa shape index (κ1) is 15.3. The Morgan fingerprint density at radius 2 is 1.88 bits per heavy atom. The monoisotopic (exact) mass is 344 g/mol. The Hall–Kier alpha value is -3.23. The number of aromatic nitrogens is 6. The number of halogens is 3. The summed E-state index contributed by atoms with van der Waals surface area (Å²) >= 11 is 0. The average molecular weight is 344 g/mol. The molecule has 3 aromatic heterocycles. The maximum Gasteiger partial charge on any atom is 0.451 e. The molecule has 0 amide bonds. The maximum absolute atomic E-state index is 12.7. The topological polar surface area (TPSA) is 71.8 Å². The number of hydrogen-bond acceptors (Lipinski definition) is 4. The lowest BCUT2D eigenvalue weighted by molar-refractivity contribution is -0.144. The molecule has 9 heteroatoms. The molecule has 1 N–H and O–H groups in total. The Labute approximate surface area is 139 Å². The number of hydrogen-bond donors (Lipinski definition) is 1. The van der Waals surface area contributed by atoms with Gasteiger partial charge in [-0.1, -0.05) is 30.3 Å². The van der Waals surface area contributed by atoms with E-state index in [1.807, 2.05) is 35.4 Å². The summed E-state index contributed by atoms with van der Waals surface area (Å²) in [6.07, 6.45) is 0.768. The molecular formula is C16H11F3N6. The number of imidazole rings is 1. The minimum Gasteiger partial charge on any atom is -0.303 e. The minimum atomic E-state index is -4.59. The SMILES string of the molecule is FC(F)(F)c1nc(-c2cn3ccnc3c(Cc3ccccc3)n2)n[nH]1. The smallest absolute Gasteiger partial charge is 0.303 e. The van der Waals surface area contributed by atoms with Gasteiger partial charge in [-0.05, 0) is 5.56 Å². The van der Waals surface area contributed by atoms with Crippen molar-refractivity contribution >= 4 is 5.65 Å². The van der Waals surface area contributed by atoms with Crippen molar-refractivity contribution in [2.75, 3.05) is 0 Å². The molecule has 0 aliphatic carbocycles. The highest BCUT2D eigenvalue weighted by Crippen LogP contribution is 2.27. The van der Waals surface area contributed by atoms with Gasteiger partial charge in [0.05, 0.1) is 5.69 Å². The Morgan fingerprint density at radius 3 is 2.60 bits per heavy atom. The van der Waals surface area contributed by atoms with Crippen molar-refractivity contribution in [2.45, 2.75) is 12.6 Å². The Balaban J connectivity index is 1.79. The van der Waals surface area contributed by atoms with Crippen molar-refractivity contribution in [3.05, 3.63) is 66.0 Å². The summed E-state index contributed by atoms with van der Waals surface area (Å²) in [6, 6.07) is 9.62. The van der Waals surface area contributed by atoms with E-state index in [1.165, 1.54) is 0 Å². The summed E-state index contributed by atoms with van der Waals surface area (Å²) in [7, 11) is 0. The number of alkyl halides is 3. The van der Waals surface area contributed by atoms with E-state index in [-0.39, 0.29) is 11.5 Å². The molecule has 4 rings (SSSR count). The number of H-pyrrole nitrogens is 1. The van der Waals surface area contributed by atoms with Crippen LogP contribution in [0.5, 0.6) is 0 Å². The zero-order chi connectivity index (χ0) is 17.4. The third-order valence-corrected chi connectivity index (χ3v) is 3.64. The number of fused-ring (bicyclic) bond motifs is 1. The molecule has 0 aliphatic rings. The normalized spacial score (nSPS) is 12.0. The van der Waals surface area contributed by atoms with Crippen LogP contribution < -0.4 is 0 Å². The van der Waals surface area contributed by atoms with E-state index >= 15 is 0 Å². The minimum absolute atomic E-state index is 0.114. The van der Waals surface area contributed by atoms with Crippen LogP contribution in [-0.4, -0.2) is 29.5 Å². The zero-order valence-electron chi connectivity index (χ0n) is 12.7. The van der Waals surface area contributed by atoms with E-state index in [2.05, 4.69) is 20.1 Å². The summed E-state index contributed by atoms with van der Waals surface area (Å²) in [6.45, 7) is 0. The average Bonchev–Trinajstić information content (AvgIpc) is 3.24. The van der Waals surface area contributed by atoms with Crippen LogP contribution >= 0.6 is 0 Å². The van der Waals surface area contributed by atoms with Gasteiger partial charge < -0.3 is 4.40 Å². The molecule has 0 bridgehead atoms. The third kappa shape index (κ3) is 2.95. The molecule has 0 saturated heterocycles. The van der Waals surface area contributed by atoms with E-state index in [9.17, 15) is 13.2 Å². The second kappa shape index (κ2) is 5.69. The van der Waals surface area contributed by atoms with Gasteiger partial charge in [0.25, 0.3) is 0 Å². The van der Waals surface area contributed by atoms with Crippen LogP contribution in [0.3, 0.4) is 0 Å². The Kier molecular flexibility index (Phi) is 3.48. The fourth-order valence-corrected chi connectivity index (χ4v) is 2.52. The van der Waals surface area contributed by atoms with Gasteiger partial charge in [0.2, 0.25) is 11.6 Å². The molecule has 3 heterocycles. The van der Waals surface area contributed by atoms with Gasteiger partial charge in [0.15, 0.2) is 5.65 Å². The van der Waals surface area contributed by atoms with E-state index in [0.29, 0.717) is 17.8 Å². The summed E-state index contributed by atoms with van der Waals surface area (Å²) < 4.78 is 39.9. The first-order chi connectivity index (χ1) is 12.0. The van der Waals surface area contributed by atoms with Crippen molar-refractivity contribution in [3.8, 4) is 11.5 Å². The molecule has 1 aromatic carbocycles. The van der Waals surface area contributed by atoms with Crippen LogP contribution in [0.15, 0.2) is 48.9 Å². The lowest BCUT2D eigenvalue weighted by Crippen LogP contribution is -2.07. The molecular weight excluding hydrogens is 333 g/mol. The lowest BCUT2D eigenvalue weighted by atomic mass is 10.1. The van der Waals surface area contributed by atoms with Gasteiger partial charge in [-0.15, -0.1) is 0 Å². The molecule has 25 heavy (non-hydrogen) atoms. The first-order valence-corrected chi connectivity index (χ1v) is 7.37. The van der Waals surface area contributed by atoms with Crippen LogP contribution in [0.4, 0.5) is 13.2 Å². The Morgan fingerprint density at radius 1 is 1.08 bits per heavy atom. The molecule has 0 unspecified atom stereocenters. The van der Waals surface area contributed by atoms with Crippen molar-refractivity contribution < 1.29 is 13.2 Å². The van der Waals surface area contributed by atoms with Crippen molar-refractivity contribution in [3.63, 3.8) is 0 Å². The van der Waals surface area contributed by atoms with Gasteiger partial charge in [-0.25, -0.2) is 15.0 Å². The van der Waals surface area contributed by atoms with Crippen LogP contribution in [0.1, 0.15) is 17.1 Å². The van der Waals surface area contributed by atoms with Gasteiger partial charge in [-0.3, -0.25) is 5.10 Å². The highest BCUT2D eigenvalue weighted by Gasteiger charge is 2.35. The maximum atomic E-state index is 12.7. The quantitative estimate of drug-likeness (QED) is 0.620. The molecule has 0 atom stereocenters. The van der Waals surface area contributed by atoms with E-state index < -0.39 is 12.0 Å². The fraction of sp³-hybridized carbons (Fsp3) is 0.125. The molecule has 0 aliphatic heterocycles. The predicted molar refractivity (Wildman–Crippen MR) is 82.6 cm³/mol. The lowest BCUT2D eigenvalue weighted by Gasteiger charge is -2.06. The van der Waals surface area contributed by atoms with Crippen LogP contribution in [-0.2, 0) is 12.6 Å². The molecule has 4 aromatic rings. The number of benzene rings is 1. The third-order valence-electron chi connectivity index (χ3n) is 3.64. The zero-order valence-corrected chi connectivity index (χ0v) is 12.7.